The van der Waals surface area contributed by atoms with Crippen molar-refractivity contribution >= 4 is 17.2 Å². The van der Waals surface area contributed by atoms with E-state index in [1.54, 1.807) is 16.2 Å². The summed E-state index contributed by atoms with van der Waals surface area (Å²) in [4.78, 5) is 18.3. The summed E-state index contributed by atoms with van der Waals surface area (Å²) in [6.07, 6.45) is 5.10. The van der Waals surface area contributed by atoms with Gasteiger partial charge in [-0.05, 0) is 26.2 Å². The normalized spacial score (nSPS) is 17.4. The summed E-state index contributed by atoms with van der Waals surface area (Å²) < 4.78 is 5.44. The molecule has 23 heavy (non-hydrogen) atoms. The van der Waals surface area contributed by atoms with Crippen LogP contribution in [0.4, 0.5) is 0 Å². The van der Waals surface area contributed by atoms with E-state index in [4.69, 9.17) is 4.74 Å². The lowest BCUT2D eigenvalue weighted by atomic mass is 9.88. The predicted molar refractivity (Wildman–Crippen MR) is 91.7 cm³/mol. The standard InChI is InChI=1S/C17H28N2O3S/c1-3-4-5-10-22-12-16(20)19-8-6-17(21,7-9-19)11-15-18-14(2)13-23-15/h13,21H,3-12H2,1-2H3. The molecular formula is C17H28N2O3S. The molecule has 0 radical (unpaired) electrons. The lowest BCUT2D eigenvalue weighted by Crippen LogP contribution is -2.48. The van der Waals surface area contributed by atoms with Crippen LogP contribution in [0.2, 0.25) is 0 Å². The van der Waals surface area contributed by atoms with E-state index in [0.717, 1.165) is 30.0 Å². The molecule has 1 aromatic heterocycles. The first-order valence-corrected chi connectivity index (χ1v) is 9.39. The van der Waals surface area contributed by atoms with Crippen molar-refractivity contribution in [2.75, 3.05) is 26.3 Å². The second-order valence-electron chi connectivity index (χ2n) is 6.42. The van der Waals surface area contributed by atoms with E-state index in [1.165, 1.54) is 0 Å². The number of aliphatic hydroxyl groups is 1. The topological polar surface area (TPSA) is 62.7 Å². The zero-order chi connectivity index (χ0) is 16.7. The molecule has 1 aliphatic rings. The van der Waals surface area contributed by atoms with E-state index >= 15 is 0 Å². The van der Waals surface area contributed by atoms with Crippen LogP contribution in [-0.2, 0) is 16.0 Å². The molecule has 6 heteroatoms. The van der Waals surface area contributed by atoms with Crippen molar-refractivity contribution < 1.29 is 14.6 Å². The van der Waals surface area contributed by atoms with Crippen LogP contribution in [0, 0.1) is 6.92 Å². The molecule has 2 rings (SSSR count). The lowest BCUT2D eigenvalue weighted by Gasteiger charge is -2.37. The number of likely N-dealkylation sites (tertiary alicyclic amines) is 1. The molecule has 0 aromatic carbocycles. The van der Waals surface area contributed by atoms with Crippen LogP contribution in [0.1, 0.15) is 49.7 Å². The van der Waals surface area contributed by atoms with Crippen LogP contribution in [0.25, 0.3) is 0 Å². The molecular weight excluding hydrogens is 312 g/mol. The van der Waals surface area contributed by atoms with Gasteiger partial charge in [0.05, 0.1) is 10.6 Å². The van der Waals surface area contributed by atoms with Gasteiger partial charge in [-0.1, -0.05) is 19.8 Å². The average Bonchev–Trinajstić information content (AvgIpc) is 2.92. The number of hydrogen-bond acceptors (Lipinski definition) is 5. The molecule has 2 heterocycles. The van der Waals surface area contributed by atoms with Crippen molar-refractivity contribution in [2.24, 2.45) is 0 Å². The van der Waals surface area contributed by atoms with E-state index in [2.05, 4.69) is 11.9 Å². The summed E-state index contributed by atoms with van der Waals surface area (Å²) in [5.74, 6) is 0.0358. The maximum atomic E-state index is 12.1. The van der Waals surface area contributed by atoms with Gasteiger partial charge >= 0.3 is 0 Å². The highest BCUT2D eigenvalue weighted by Gasteiger charge is 2.34. The Labute approximate surface area is 142 Å². The summed E-state index contributed by atoms with van der Waals surface area (Å²) in [5, 5.41) is 13.7. The first kappa shape index (κ1) is 18.4. The van der Waals surface area contributed by atoms with Crippen LogP contribution >= 0.6 is 11.3 Å². The number of rotatable bonds is 8. The van der Waals surface area contributed by atoms with Crippen molar-refractivity contribution in [1.82, 2.24) is 9.88 Å². The van der Waals surface area contributed by atoms with Gasteiger partial charge in [0.1, 0.15) is 6.61 Å². The molecule has 1 fully saturated rings. The summed E-state index contributed by atoms with van der Waals surface area (Å²) in [6, 6.07) is 0. The van der Waals surface area contributed by atoms with Gasteiger partial charge in [-0.25, -0.2) is 4.98 Å². The Morgan fingerprint density at radius 3 is 2.78 bits per heavy atom. The highest BCUT2D eigenvalue weighted by atomic mass is 32.1. The quantitative estimate of drug-likeness (QED) is 0.739. The van der Waals surface area contributed by atoms with Gasteiger partial charge in [0, 0.05) is 37.2 Å². The van der Waals surface area contributed by atoms with Gasteiger partial charge in [-0.3, -0.25) is 4.79 Å². The van der Waals surface area contributed by atoms with Gasteiger partial charge in [0.25, 0.3) is 0 Å². The highest BCUT2D eigenvalue weighted by Crippen LogP contribution is 2.27. The fourth-order valence-electron chi connectivity index (χ4n) is 2.82. The van der Waals surface area contributed by atoms with Gasteiger partial charge < -0.3 is 14.7 Å². The second-order valence-corrected chi connectivity index (χ2v) is 7.37. The number of aromatic nitrogens is 1. The molecule has 0 unspecified atom stereocenters. The largest absolute Gasteiger partial charge is 0.389 e. The molecule has 0 saturated carbocycles. The van der Waals surface area contributed by atoms with Gasteiger partial charge in [-0.15, -0.1) is 11.3 Å². The van der Waals surface area contributed by atoms with Crippen molar-refractivity contribution in [3.8, 4) is 0 Å². The van der Waals surface area contributed by atoms with Crippen LogP contribution < -0.4 is 0 Å². The third kappa shape index (κ3) is 5.86. The number of hydrogen-bond donors (Lipinski definition) is 1. The minimum absolute atomic E-state index is 0.0358. The summed E-state index contributed by atoms with van der Waals surface area (Å²) >= 11 is 1.59. The first-order valence-electron chi connectivity index (χ1n) is 8.51. The van der Waals surface area contributed by atoms with E-state index in [-0.39, 0.29) is 12.5 Å². The van der Waals surface area contributed by atoms with Crippen LogP contribution in [0.3, 0.4) is 0 Å². The van der Waals surface area contributed by atoms with Crippen molar-refractivity contribution in [3.63, 3.8) is 0 Å². The Kier molecular flexibility index (Phi) is 6.99. The average molecular weight is 340 g/mol. The van der Waals surface area contributed by atoms with E-state index in [9.17, 15) is 9.90 Å². The molecule has 1 aliphatic heterocycles. The minimum Gasteiger partial charge on any atom is -0.389 e. The summed E-state index contributed by atoms with van der Waals surface area (Å²) in [6.45, 7) is 6.11. The number of ether oxygens (including phenoxy) is 1. The molecule has 0 spiro atoms. The number of aryl methyl sites for hydroxylation is 1. The van der Waals surface area contributed by atoms with Gasteiger partial charge in [0.2, 0.25) is 5.91 Å². The van der Waals surface area contributed by atoms with Crippen molar-refractivity contribution in [1.29, 1.82) is 0 Å². The molecule has 1 aromatic rings. The Balaban J connectivity index is 1.71. The Hall–Kier alpha value is -0.980. The molecule has 0 atom stereocenters. The monoisotopic (exact) mass is 340 g/mol. The Bertz CT molecular complexity index is 496. The summed E-state index contributed by atoms with van der Waals surface area (Å²) in [5.41, 5.74) is 0.268. The third-order valence-corrected chi connectivity index (χ3v) is 5.28. The van der Waals surface area contributed by atoms with E-state index in [1.807, 2.05) is 12.3 Å². The third-order valence-electron chi connectivity index (χ3n) is 4.31. The number of carbonyl (C=O) groups excluding carboxylic acids is 1. The number of thiazole rings is 1. The predicted octanol–water partition coefficient (Wildman–Crippen LogP) is 2.55. The van der Waals surface area contributed by atoms with E-state index < -0.39 is 5.60 Å². The number of nitrogens with zero attached hydrogens (tertiary/aromatic N) is 2. The molecule has 130 valence electrons. The zero-order valence-corrected chi connectivity index (χ0v) is 15.0. The molecule has 1 saturated heterocycles. The lowest BCUT2D eigenvalue weighted by molar-refractivity contribution is -0.140. The zero-order valence-electron chi connectivity index (χ0n) is 14.2. The molecule has 0 aliphatic carbocycles. The van der Waals surface area contributed by atoms with E-state index in [0.29, 0.717) is 39.0 Å². The van der Waals surface area contributed by atoms with Gasteiger partial charge in [-0.2, -0.15) is 0 Å². The summed E-state index contributed by atoms with van der Waals surface area (Å²) in [7, 11) is 0. The smallest absolute Gasteiger partial charge is 0.248 e. The Morgan fingerprint density at radius 2 is 2.17 bits per heavy atom. The number of unbranched alkanes of at least 4 members (excludes halogenated alkanes) is 2. The van der Waals surface area contributed by atoms with Gasteiger partial charge in [0.15, 0.2) is 0 Å². The van der Waals surface area contributed by atoms with Crippen molar-refractivity contribution in [2.45, 2.75) is 58.0 Å². The maximum absolute atomic E-state index is 12.1. The number of piperidine rings is 1. The van der Waals surface area contributed by atoms with Crippen LogP contribution in [-0.4, -0.2) is 52.8 Å². The van der Waals surface area contributed by atoms with Crippen LogP contribution in [0.15, 0.2) is 5.38 Å². The molecule has 1 N–H and O–H groups in total. The number of carbonyl (C=O) groups is 1. The number of amides is 1. The molecule has 0 bridgehead atoms. The first-order chi connectivity index (χ1) is 11.0. The SMILES string of the molecule is CCCCCOCC(=O)N1CCC(O)(Cc2nc(C)cs2)CC1. The Morgan fingerprint density at radius 1 is 1.43 bits per heavy atom. The molecule has 5 nitrogen and oxygen atoms in total. The highest BCUT2D eigenvalue weighted by molar-refractivity contribution is 7.09. The van der Waals surface area contributed by atoms with Crippen molar-refractivity contribution in [3.05, 3.63) is 16.1 Å². The fraction of sp³-hybridized carbons (Fsp3) is 0.765. The van der Waals surface area contributed by atoms with Crippen LogP contribution in [0.5, 0.6) is 0 Å². The minimum atomic E-state index is -0.733. The second kappa shape index (κ2) is 8.76. The maximum Gasteiger partial charge on any atom is 0.248 e. The fourth-order valence-corrected chi connectivity index (χ4v) is 3.73. The molecule has 1 amide bonds.